The molecule has 4 fully saturated rings. The first kappa shape index (κ1) is 21.9. The number of hydrogen-bond donors (Lipinski definition) is 2. The molecule has 0 heterocycles. The molecule has 0 saturated heterocycles. The summed E-state index contributed by atoms with van der Waals surface area (Å²) in [5.41, 5.74) is 0.804. The Kier molecular flexibility index (Phi) is 5.19. The lowest BCUT2D eigenvalue weighted by molar-refractivity contribution is -0.385. The molecular weight excluding hydrogens is 442 g/mol. The number of nitrogens with zero attached hydrogens (tertiary/aromatic N) is 1. The van der Waals surface area contributed by atoms with Crippen LogP contribution in [-0.4, -0.2) is 24.8 Å². The van der Waals surface area contributed by atoms with E-state index in [0.29, 0.717) is 11.1 Å². The Morgan fingerprint density at radius 3 is 2.12 bits per heavy atom. The Bertz CT molecular complexity index is 1190. The molecule has 0 spiro atoms. The van der Waals surface area contributed by atoms with Crippen LogP contribution in [-0.2, 0) is 10.0 Å². The maximum absolute atomic E-state index is 13.0. The number of nitro groups is 1. The van der Waals surface area contributed by atoms with Crippen molar-refractivity contribution in [2.24, 2.45) is 17.8 Å². The highest BCUT2D eigenvalue weighted by atomic mass is 32.2. The van der Waals surface area contributed by atoms with E-state index in [2.05, 4.69) is 10.0 Å². The zero-order chi connectivity index (χ0) is 23.4. The minimum absolute atomic E-state index is 0.0910. The molecule has 0 atom stereocenters. The molecule has 2 N–H and O–H groups in total. The van der Waals surface area contributed by atoms with Gasteiger partial charge < -0.3 is 5.32 Å². The number of benzene rings is 2. The Morgan fingerprint density at radius 2 is 1.58 bits per heavy atom. The lowest BCUT2D eigenvalue weighted by Crippen LogP contribution is -2.59. The Hall–Kier alpha value is -2.94. The minimum Gasteiger partial charge on any atom is -0.347 e. The monoisotopic (exact) mass is 469 g/mol. The summed E-state index contributed by atoms with van der Waals surface area (Å²) in [6.45, 7) is 1.55. The number of nitrogens with one attached hydrogen (secondary N) is 2. The van der Waals surface area contributed by atoms with Gasteiger partial charge in [-0.3, -0.25) is 19.6 Å². The van der Waals surface area contributed by atoms with Gasteiger partial charge in [0.25, 0.3) is 21.6 Å². The van der Waals surface area contributed by atoms with Gasteiger partial charge in [0.2, 0.25) is 0 Å². The summed E-state index contributed by atoms with van der Waals surface area (Å²) in [6.07, 6.45) is 7.08. The van der Waals surface area contributed by atoms with Crippen LogP contribution < -0.4 is 10.0 Å². The predicted octanol–water partition coefficient (Wildman–Crippen LogP) is 4.40. The first-order valence-corrected chi connectivity index (χ1v) is 12.8. The smallest absolute Gasteiger partial charge is 0.273 e. The fourth-order valence-electron chi connectivity index (χ4n) is 6.43. The lowest BCUT2D eigenvalue weighted by atomic mass is 9.53. The fraction of sp³-hybridized carbons (Fsp3) is 0.458. The van der Waals surface area contributed by atoms with Crippen LogP contribution in [0.3, 0.4) is 0 Å². The van der Waals surface area contributed by atoms with E-state index in [1.165, 1.54) is 43.5 Å². The molecule has 4 bridgehead atoms. The number of carbonyl (C=O) groups excluding carboxylic acids is 1. The third-order valence-electron chi connectivity index (χ3n) is 7.50. The molecule has 0 aromatic heterocycles. The molecule has 4 aliphatic rings. The Balaban J connectivity index is 1.28. The standard InChI is InChI=1S/C24H27N3O5S/c1-15-2-7-21(11-22(15)27(29)30)33(31,32)26-20-5-3-19(4-6-20)23(28)25-24-12-16-8-17(13-24)10-18(9-16)14-24/h2-7,11,16-18,26H,8-10,12-14H2,1H3,(H,25,28). The van der Waals surface area contributed by atoms with Crippen LogP contribution in [0.5, 0.6) is 0 Å². The molecule has 4 aliphatic carbocycles. The molecule has 2 aromatic carbocycles. The summed E-state index contributed by atoms with van der Waals surface area (Å²) in [7, 11) is -4.01. The second-order valence-electron chi connectivity index (χ2n) is 10.0. The molecule has 6 rings (SSSR count). The van der Waals surface area contributed by atoms with Crippen molar-refractivity contribution >= 4 is 27.3 Å². The van der Waals surface area contributed by atoms with Crippen LogP contribution in [0.2, 0.25) is 0 Å². The van der Waals surface area contributed by atoms with E-state index < -0.39 is 14.9 Å². The number of nitro benzene ring substituents is 1. The van der Waals surface area contributed by atoms with Gasteiger partial charge in [0, 0.05) is 28.4 Å². The molecule has 0 radical (unpaired) electrons. The number of rotatable bonds is 6. The van der Waals surface area contributed by atoms with Crippen molar-refractivity contribution in [2.75, 3.05) is 4.72 Å². The van der Waals surface area contributed by atoms with E-state index in [1.807, 2.05) is 0 Å². The molecule has 33 heavy (non-hydrogen) atoms. The highest BCUT2D eigenvalue weighted by molar-refractivity contribution is 7.92. The van der Waals surface area contributed by atoms with Crippen LogP contribution in [0.25, 0.3) is 0 Å². The van der Waals surface area contributed by atoms with Gasteiger partial charge in [0.1, 0.15) is 0 Å². The molecule has 0 aliphatic heterocycles. The van der Waals surface area contributed by atoms with Gasteiger partial charge >= 0.3 is 0 Å². The van der Waals surface area contributed by atoms with Crippen molar-refractivity contribution in [3.8, 4) is 0 Å². The largest absolute Gasteiger partial charge is 0.347 e. The highest BCUT2D eigenvalue weighted by Gasteiger charge is 2.51. The van der Waals surface area contributed by atoms with E-state index in [-0.39, 0.29) is 27.7 Å². The minimum atomic E-state index is -4.01. The van der Waals surface area contributed by atoms with Crippen LogP contribution in [0.4, 0.5) is 11.4 Å². The first-order chi connectivity index (χ1) is 15.6. The van der Waals surface area contributed by atoms with Crippen molar-refractivity contribution in [2.45, 2.75) is 55.9 Å². The number of carbonyl (C=O) groups is 1. The van der Waals surface area contributed by atoms with Gasteiger partial charge in [-0.1, -0.05) is 6.07 Å². The van der Waals surface area contributed by atoms with Crippen LogP contribution in [0, 0.1) is 34.8 Å². The van der Waals surface area contributed by atoms with E-state index in [9.17, 15) is 23.3 Å². The van der Waals surface area contributed by atoms with Crippen molar-refractivity contribution in [3.05, 3.63) is 63.7 Å². The van der Waals surface area contributed by atoms with Crippen LogP contribution in [0.15, 0.2) is 47.4 Å². The average Bonchev–Trinajstić information content (AvgIpc) is 2.72. The van der Waals surface area contributed by atoms with Crippen molar-refractivity contribution in [3.63, 3.8) is 0 Å². The normalized spacial score (nSPS) is 27.8. The third kappa shape index (κ3) is 4.21. The second-order valence-corrected chi connectivity index (χ2v) is 11.7. The first-order valence-electron chi connectivity index (χ1n) is 11.3. The number of hydrogen-bond acceptors (Lipinski definition) is 5. The van der Waals surface area contributed by atoms with E-state index in [4.69, 9.17) is 0 Å². The quantitative estimate of drug-likeness (QED) is 0.480. The van der Waals surface area contributed by atoms with Crippen LogP contribution >= 0.6 is 0 Å². The Labute approximate surface area is 193 Å². The zero-order valence-corrected chi connectivity index (χ0v) is 19.2. The maximum Gasteiger partial charge on any atom is 0.273 e. The second kappa shape index (κ2) is 7.83. The Morgan fingerprint density at radius 1 is 1.00 bits per heavy atom. The lowest BCUT2D eigenvalue weighted by Gasteiger charge is -2.56. The maximum atomic E-state index is 13.0. The zero-order valence-electron chi connectivity index (χ0n) is 18.4. The van der Waals surface area contributed by atoms with Gasteiger partial charge in [0.15, 0.2) is 0 Å². The number of sulfonamides is 1. The summed E-state index contributed by atoms with van der Waals surface area (Å²) in [4.78, 5) is 23.3. The molecule has 9 heteroatoms. The number of aryl methyl sites for hydroxylation is 1. The summed E-state index contributed by atoms with van der Waals surface area (Å²) >= 11 is 0. The van der Waals surface area contributed by atoms with Gasteiger partial charge in [-0.2, -0.15) is 0 Å². The third-order valence-corrected chi connectivity index (χ3v) is 8.88. The summed E-state index contributed by atoms with van der Waals surface area (Å²) in [6, 6.07) is 10.1. The molecule has 4 saturated carbocycles. The van der Waals surface area contributed by atoms with Gasteiger partial charge in [-0.25, -0.2) is 8.42 Å². The molecule has 174 valence electrons. The van der Waals surface area contributed by atoms with Crippen molar-refractivity contribution < 1.29 is 18.1 Å². The summed E-state index contributed by atoms with van der Waals surface area (Å²) in [5.74, 6) is 2.06. The fourth-order valence-corrected chi connectivity index (χ4v) is 7.51. The molecule has 1 amide bonds. The van der Waals surface area contributed by atoms with Crippen molar-refractivity contribution in [1.29, 1.82) is 0 Å². The van der Waals surface area contributed by atoms with Gasteiger partial charge in [0.05, 0.1) is 9.82 Å². The van der Waals surface area contributed by atoms with Crippen LogP contribution in [0.1, 0.15) is 54.4 Å². The average molecular weight is 470 g/mol. The number of anilines is 1. The van der Waals surface area contributed by atoms with E-state index in [0.717, 1.165) is 43.1 Å². The topological polar surface area (TPSA) is 118 Å². The van der Waals surface area contributed by atoms with Gasteiger partial charge in [-0.15, -0.1) is 0 Å². The van der Waals surface area contributed by atoms with E-state index >= 15 is 0 Å². The highest BCUT2D eigenvalue weighted by Crippen LogP contribution is 2.55. The molecular formula is C24H27N3O5S. The molecule has 2 aromatic rings. The summed E-state index contributed by atoms with van der Waals surface area (Å²) < 4.78 is 27.8. The molecule has 0 unspecified atom stereocenters. The van der Waals surface area contributed by atoms with Crippen molar-refractivity contribution in [1.82, 2.24) is 5.32 Å². The summed E-state index contributed by atoms with van der Waals surface area (Å²) in [5, 5.41) is 14.5. The van der Waals surface area contributed by atoms with Gasteiger partial charge in [-0.05, 0) is 93.5 Å². The number of amides is 1. The molecule has 8 nitrogen and oxygen atoms in total. The van der Waals surface area contributed by atoms with E-state index in [1.54, 1.807) is 19.1 Å². The SMILES string of the molecule is Cc1ccc(S(=O)(=O)Nc2ccc(C(=O)NC34CC5CC(CC(C5)C3)C4)cc2)cc1[N+](=O)[O-]. The predicted molar refractivity (Wildman–Crippen MR) is 123 cm³/mol.